The molecule has 1 fully saturated rings. The van der Waals surface area contributed by atoms with Crippen LogP contribution in [0.4, 0.5) is 0 Å². The molecule has 0 spiro atoms. The molecule has 0 radical (unpaired) electrons. The second-order valence-electron chi connectivity index (χ2n) is 4.90. The summed E-state index contributed by atoms with van der Waals surface area (Å²) in [7, 11) is 0. The first-order valence-corrected chi connectivity index (χ1v) is 7.70. The van der Waals surface area contributed by atoms with E-state index in [0.717, 1.165) is 32.0 Å². The standard InChI is InChI=1S/C14H19N3S/c15-14(17-5-7-18-8-6-17)16-10-12-9-11-3-1-2-4-13(11)12/h1-4,12H,5-10H2,(H2,15,16). The van der Waals surface area contributed by atoms with Crippen LogP contribution in [0.25, 0.3) is 0 Å². The summed E-state index contributed by atoms with van der Waals surface area (Å²) in [5, 5.41) is 0. The Balaban J connectivity index is 1.58. The molecule has 0 amide bonds. The zero-order valence-corrected chi connectivity index (χ0v) is 11.3. The molecule has 1 aromatic carbocycles. The zero-order chi connectivity index (χ0) is 12.4. The third-order valence-corrected chi connectivity index (χ3v) is 4.71. The Morgan fingerprint density at radius 3 is 2.89 bits per heavy atom. The fourth-order valence-corrected chi connectivity index (χ4v) is 3.52. The minimum absolute atomic E-state index is 0.582. The average molecular weight is 261 g/mol. The van der Waals surface area contributed by atoms with Gasteiger partial charge in [0.05, 0.1) is 0 Å². The lowest BCUT2D eigenvalue weighted by molar-refractivity contribution is 0.453. The van der Waals surface area contributed by atoms with E-state index in [-0.39, 0.29) is 0 Å². The average Bonchev–Trinajstić information content (AvgIpc) is 2.40. The second-order valence-corrected chi connectivity index (χ2v) is 6.12. The van der Waals surface area contributed by atoms with Crippen LogP contribution in [0, 0.1) is 0 Å². The predicted octanol–water partition coefficient (Wildman–Crippen LogP) is 1.69. The summed E-state index contributed by atoms with van der Waals surface area (Å²) in [6.45, 7) is 2.93. The number of nitrogens with zero attached hydrogens (tertiary/aromatic N) is 2. The van der Waals surface area contributed by atoms with Crippen LogP contribution in [-0.2, 0) is 6.42 Å². The lowest BCUT2D eigenvalue weighted by Crippen LogP contribution is -2.43. The van der Waals surface area contributed by atoms with Gasteiger partial charge in [0.1, 0.15) is 0 Å². The SMILES string of the molecule is NC(=NCC1Cc2ccccc21)N1CCSCC1. The van der Waals surface area contributed by atoms with E-state index in [1.54, 1.807) is 0 Å². The zero-order valence-electron chi connectivity index (χ0n) is 10.5. The summed E-state index contributed by atoms with van der Waals surface area (Å²) in [5.41, 5.74) is 9.00. The Bertz CT molecular complexity index is 452. The highest BCUT2D eigenvalue weighted by molar-refractivity contribution is 7.99. The van der Waals surface area contributed by atoms with Gasteiger partial charge >= 0.3 is 0 Å². The number of rotatable bonds is 2. The number of hydrogen-bond donors (Lipinski definition) is 1. The van der Waals surface area contributed by atoms with Gasteiger partial charge in [-0.1, -0.05) is 24.3 Å². The summed E-state index contributed by atoms with van der Waals surface area (Å²) in [6.07, 6.45) is 1.16. The summed E-state index contributed by atoms with van der Waals surface area (Å²) >= 11 is 1.99. The highest BCUT2D eigenvalue weighted by atomic mass is 32.2. The molecule has 0 aromatic heterocycles. The monoisotopic (exact) mass is 261 g/mol. The van der Waals surface area contributed by atoms with Crippen LogP contribution in [0.15, 0.2) is 29.3 Å². The van der Waals surface area contributed by atoms with E-state index in [1.165, 1.54) is 22.6 Å². The van der Waals surface area contributed by atoms with Crippen molar-refractivity contribution in [1.82, 2.24) is 4.90 Å². The molecule has 1 atom stereocenters. The molecule has 0 bridgehead atoms. The van der Waals surface area contributed by atoms with Crippen molar-refractivity contribution in [2.75, 3.05) is 31.1 Å². The van der Waals surface area contributed by atoms with Crippen LogP contribution in [0.5, 0.6) is 0 Å². The maximum atomic E-state index is 6.06. The van der Waals surface area contributed by atoms with E-state index in [9.17, 15) is 0 Å². The Kier molecular flexibility index (Phi) is 3.46. The lowest BCUT2D eigenvalue weighted by Gasteiger charge is -2.30. The number of aliphatic imine (C=N–C) groups is 1. The van der Waals surface area contributed by atoms with Crippen molar-refractivity contribution in [3.05, 3.63) is 35.4 Å². The molecule has 2 aliphatic rings. The van der Waals surface area contributed by atoms with Crippen LogP contribution in [0.3, 0.4) is 0 Å². The molecule has 3 rings (SSSR count). The van der Waals surface area contributed by atoms with Gasteiger partial charge in [-0.3, -0.25) is 4.99 Å². The molecule has 1 aliphatic heterocycles. The molecular weight excluding hydrogens is 242 g/mol. The van der Waals surface area contributed by atoms with Gasteiger partial charge in [0, 0.05) is 37.1 Å². The van der Waals surface area contributed by atoms with Crippen LogP contribution in [0.2, 0.25) is 0 Å². The van der Waals surface area contributed by atoms with Crippen molar-refractivity contribution in [1.29, 1.82) is 0 Å². The number of nitrogens with two attached hydrogens (primary N) is 1. The Labute approximate surface area is 112 Å². The molecular formula is C14H19N3S. The molecule has 1 aliphatic carbocycles. The smallest absolute Gasteiger partial charge is 0.191 e. The molecule has 1 saturated heterocycles. The summed E-state index contributed by atoms with van der Waals surface area (Å²) in [5.74, 6) is 3.66. The third-order valence-electron chi connectivity index (χ3n) is 3.77. The maximum absolute atomic E-state index is 6.06. The fraction of sp³-hybridized carbons (Fsp3) is 0.500. The van der Waals surface area contributed by atoms with Gasteiger partial charge < -0.3 is 10.6 Å². The van der Waals surface area contributed by atoms with Crippen LogP contribution in [0.1, 0.15) is 17.0 Å². The van der Waals surface area contributed by atoms with E-state index in [1.807, 2.05) is 11.8 Å². The molecule has 18 heavy (non-hydrogen) atoms. The highest BCUT2D eigenvalue weighted by Gasteiger charge is 2.25. The van der Waals surface area contributed by atoms with Crippen LogP contribution < -0.4 is 5.73 Å². The van der Waals surface area contributed by atoms with Crippen molar-refractivity contribution in [3.8, 4) is 0 Å². The normalized spacial score (nSPS) is 23.4. The minimum Gasteiger partial charge on any atom is -0.370 e. The van der Waals surface area contributed by atoms with Crippen LogP contribution >= 0.6 is 11.8 Å². The van der Waals surface area contributed by atoms with Crippen molar-refractivity contribution in [2.24, 2.45) is 10.7 Å². The maximum Gasteiger partial charge on any atom is 0.191 e. The topological polar surface area (TPSA) is 41.6 Å². The van der Waals surface area contributed by atoms with E-state index < -0.39 is 0 Å². The molecule has 3 nitrogen and oxygen atoms in total. The van der Waals surface area contributed by atoms with Crippen molar-refractivity contribution >= 4 is 17.7 Å². The summed E-state index contributed by atoms with van der Waals surface area (Å²) < 4.78 is 0. The van der Waals surface area contributed by atoms with Crippen molar-refractivity contribution in [3.63, 3.8) is 0 Å². The molecule has 4 heteroatoms. The van der Waals surface area contributed by atoms with Gasteiger partial charge in [-0.2, -0.15) is 11.8 Å². The highest BCUT2D eigenvalue weighted by Crippen LogP contribution is 2.34. The van der Waals surface area contributed by atoms with Gasteiger partial charge in [0.2, 0.25) is 0 Å². The molecule has 0 saturated carbocycles. The third kappa shape index (κ3) is 2.34. The largest absolute Gasteiger partial charge is 0.370 e. The van der Waals surface area contributed by atoms with Gasteiger partial charge in [-0.05, 0) is 17.5 Å². The first kappa shape index (κ1) is 11.9. The van der Waals surface area contributed by atoms with E-state index in [2.05, 4.69) is 34.2 Å². The molecule has 96 valence electrons. The minimum atomic E-state index is 0.582. The number of guanidine groups is 1. The Morgan fingerprint density at radius 2 is 2.11 bits per heavy atom. The van der Waals surface area contributed by atoms with Gasteiger partial charge in [0.25, 0.3) is 0 Å². The summed E-state index contributed by atoms with van der Waals surface area (Å²) in [4.78, 5) is 6.79. The lowest BCUT2D eigenvalue weighted by atomic mass is 9.78. The Hall–Kier alpha value is -1.16. The fourth-order valence-electron chi connectivity index (χ4n) is 2.62. The number of fused-ring (bicyclic) bond motifs is 1. The number of hydrogen-bond acceptors (Lipinski definition) is 2. The molecule has 2 N–H and O–H groups in total. The second kappa shape index (κ2) is 5.22. The van der Waals surface area contributed by atoms with Gasteiger partial charge in [-0.25, -0.2) is 0 Å². The van der Waals surface area contributed by atoms with Gasteiger partial charge in [-0.15, -0.1) is 0 Å². The number of thioether (sulfide) groups is 1. The summed E-state index contributed by atoms with van der Waals surface area (Å²) in [6, 6.07) is 8.64. The Morgan fingerprint density at radius 1 is 1.33 bits per heavy atom. The van der Waals surface area contributed by atoms with Crippen molar-refractivity contribution in [2.45, 2.75) is 12.3 Å². The molecule has 1 unspecified atom stereocenters. The number of benzene rings is 1. The van der Waals surface area contributed by atoms with E-state index in [0.29, 0.717) is 5.92 Å². The molecule has 1 heterocycles. The van der Waals surface area contributed by atoms with Crippen LogP contribution in [-0.4, -0.2) is 42.0 Å². The first-order valence-electron chi connectivity index (χ1n) is 6.55. The first-order chi connectivity index (χ1) is 8.84. The van der Waals surface area contributed by atoms with Gasteiger partial charge in [0.15, 0.2) is 5.96 Å². The van der Waals surface area contributed by atoms with Crippen molar-refractivity contribution < 1.29 is 0 Å². The predicted molar refractivity (Wildman–Crippen MR) is 78.3 cm³/mol. The molecule has 1 aromatic rings. The van der Waals surface area contributed by atoms with E-state index in [4.69, 9.17) is 5.73 Å². The van der Waals surface area contributed by atoms with E-state index >= 15 is 0 Å². The quantitative estimate of drug-likeness (QED) is 0.650.